The van der Waals surface area contributed by atoms with Crippen LogP contribution >= 0.6 is 11.6 Å². The molecule has 0 fully saturated rings. The van der Waals surface area contributed by atoms with Crippen LogP contribution < -0.4 is 32.7 Å². The Labute approximate surface area is 190 Å². The number of anilines is 2. The maximum absolute atomic E-state index is 12.9. The van der Waals surface area contributed by atoms with E-state index in [0.717, 1.165) is 11.6 Å². The molecule has 13 heteroatoms. The molecule has 0 saturated heterocycles. The number of aromatic nitrogens is 2. The summed E-state index contributed by atoms with van der Waals surface area (Å²) >= 11 is 5.85. The third kappa shape index (κ3) is 6.37. The predicted octanol–water partition coefficient (Wildman–Crippen LogP) is 3.20. The number of alkyl halides is 3. The van der Waals surface area contributed by atoms with Gasteiger partial charge in [0.1, 0.15) is 11.6 Å². The minimum absolute atomic E-state index is 0.0417. The first kappa shape index (κ1) is 23.9. The number of benzene rings is 2. The smallest absolute Gasteiger partial charge is 0.404 e. The van der Waals surface area contributed by atoms with E-state index in [0.29, 0.717) is 24.4 Å². The lowest BCUT2D eigenvalue weighted by Gasteiger charge is -2.13. The number of aryl methyl sites for hydroxylation is 1. The first-order valence-corrected chi connectivity index (χ1v) is 9.80. The molecule has 0 atom stereocenters. The molecule has 174 valence electrons. The zero-order valence-electron chi connectivity index (χ0n) is 16.9. The zero-order chi connectivity index (χ0) is 24.0. The summed E-state index contributed by atoms with van der Waals surface area (Å²) in [6, 6.07) is 10.7. The van der Waals surface area contributed by atoms with Gasteiger partial charge in [-0.25, -0.2) is 10.8 Å². The zero-order valence-corrected chi connectivity index (χ0v) is 17.7. The molecule has 1 aromatic heterocycles. The summed E-state index contributed by atoms with van der Waals surface area (Å²) in [5.41, 5.74) is 3.77. The van der Waals surface area contributed by atoms with E-state index in [-0.39, 0.29) is 16.5 Å². The molecule has 2 aromatic carbocycles. The number of rotatable bonds is 7. The van der Waals surface area contributed by atoms with Crippen LogP contribution in [0.3, 0.4) is 0 Å². The number of amidine groups is 1. The van der Waals surface area contributed by atoms with E-state index in [1.165, 1.54) is 29.1 Å². The second-order valence-corrected chi connectivity index (χ2v) is 7.06. The van der Waals surface area contributed by atoms with Gasteiger partial charge < -0.3 is 21.3 Å². The molecule has 6 N–H and O–H groups in total. The Balaban J connectivity index is 1.77. The Hall–Kier alpha value is -3.77. The summed E-state index contributed by atoms with van der Waals surface area (Å²) in [6.45, 7) is 0. The van der Waals surface area contributed by atoms with E-state index in [1.54, 1.807) is 12.1 Å². The number of hydrogen-bond acceptors (Lipinski definition) is 7. The summed E-state index contributed by atoms with van der Waals surface area (Å²) in [6.07, 6.45) is -0.812. The molecular weight excluding hydrogens is 463 g/mol. The molecule has 9 nitrogen and oxygen atoms in total. The van der Waals surface area contributed by atoms with Crippen molar-refractivity contribution in [2.24, 2.45) is 16.8 Å². The number of nitrogens with two attached hydrogens (primary N) is 2. The third-order valence-electron chi connectivity index (χ3n) is 4.45. The maximum Gasteiger partial charge on any atom is 0.573 e. The van der Waals surface area contributed by atoms with Gasteiger partial charge in [-0.15, -0.1) is 13.2 Å². The average Bonchev–Trinajstić information content (AvgIpc) is 2.77. The topological polar surface area (TPSA) is 133 Å². The summed E-state index contributed by atoms with van der Waals surface area (Å²) in [5.74, 6) is 10.4. The molecule has 0 saturated carbocycles. The predicted molar refractivity (Wildman–Crippen MR) is 119 cm³/mol. The van der Waals surface area contributed by atoms with Gasteiger partial charge in [0.25, 0.3) is 5.56 Å². The second-order valence-electron chi connectivity index (χ2n) is 6.66. The molecule has 0 aliphatic carbocycles. The van der Waals surface area contributed by atoms with Gasteiger partial charge in [-0.2, -0.15) is 5.10 Å². The van der Waals surface area contributed by atoms with E-state index >= 15 is 0 Å². The molecule has 3 rings (SSSR count). The number of hydrazine groups is 1. The van der Waals surface area contributed by atoms with Crippen LogP contribution in [0.1, 0.15) is 12.0 Å². The maximum atomic E-state index is 12.9. The largest absolute Gasteiger partial charge is 0.573 e. The second kappa shape index (κ2) is 10.2. The Morgan fingerprint density at radius 2 is 1.94 bits per heavy atom. The fourth-order valence-corrected chi connectivity index (χ4v) is 3.10. The molecular formula is C20H19ClF3N7O2. The van der Waals surface area contributed by atoms with E-state index in [4.69, 9.17) is 23.3 Å². The van der Waals surface area contributed by atoms with E-state index in [2.05, 4.69) is 25.6 Å². The Kier molecular flexibility index (Phi) is 7.41. The first-order valence-electron chi connectivity index (χ1n) is 9.43. The lowest BCUT2D eigenvalue weighted by Crippen LogP contribution is -2.31. The molecule has 0 radical (unpaired) electrons. The van der Waals surface area contributed by atoms with Crippen molar-refractivity contribution in [3.05, 3.63) is 75.8 Å². The van der Waals surface area contributed by atoms with E-state index in [1.807, 2.05) is 12.1 Å². The summed E-state index contributed by atoms with van der Waals surface area (Å²) in [5, 5.41) is 6.00. The van der Waals surface area contributed by atoms with Crippen molar-refractivity contribution in [2.45, 2.75) is 19.2 Å². The number of ether oxygens (including phenoxy) is 1. The van der Waals surface area contributed by atoms with Crippen molar-refractivity contribution in [3.8, 4) is 11.4 Å². The molecule has 33 heavy (non-hydrogen) atoms. The highest BCUT2D eigenvalue weighted by Crippen LogP contribution is 2.32. The minimum atomic E-state index is -4.87. The van der Waals surface area contributed by atoms with Crippen LogP contribution in [0.5, 0.6) is 5.75 Å². The summed E-state index contributed by atoms with van der Waals surface area (Å²) in [7, 11) is 0. The van der Waals surface area contributed by atoms with Crippen molar-refractivity contribution in [1.29, 1.82) is 0 Å². The normalized spacial score (nSPS) is 11.8. The molecule has 0 spiro atoms. The average molecular weight is 482 g/mol. The highest BCUT2D eigenvalue weighted by Gasteiger charge is 2.32. The molecule has 0 aliphatic rings. The van der Waals surface area contributed by atoms with Crippen molar-refractivity contribution < 1.29 is 17.9 Å². The Morgan fingerprint density at radius 1 is 1.21 bits per heavy atom. The number of halogens is 4. The van der Waals surface area contributed by atoms with Crippen LogP contribution in [-0.4, -0.2) is 21.7 Å². The van der Waals surface area contributed by atoms with Crippen LogP contribution in [-0.2, 0) is 6.42 Å². The number of hydrazone groups is 1. The van der Waals surface area contributed by atoms with Crippen LogP contribution in [0.2, 0.25) is 5.02 Å². The van der Waals surface area contributed by atoms with Gasteiger partial charge in [-0.3, -0.25) is 9.36 Å². The fraction of sp³-hybridized carbons (Fsp3) is 0.150. The number of nitrogens with one attached hydrogen (secondary N) is 2. The van der Waals surface area contributed by atoms with Crippen LogP contribution in [0.4, 0.5) is 24.7 Å². The Bertz CT molecular complexity index is 1200. The number of nitrogens with zero attached hydrogens (tertiary/aromatic N) is 3. The third-order valence-corrected chi connectivity index (χ3v) is 4.74. The van der Waals surface area contributed by atoms with Crippen LogP contribution in [0.25, 0.3) is 5.69 Å². The van der Waals surface area contributed by atoms with Gasteiger partial charge in [-0.1, -0.05) is 23.7 Å². The minimum Gasteiger partial charge on any atom is -0.404 e. The SMILES string of the molecule is N/N=C(/CCc1ccc(-n2ccnc(Nc3ccc(OC(F)(F)F)c(Cl)c3)c2=O)cc1)NN. The summed E-state index contributed by atoms with van der Waals surface area (Å²) < 4.78 is 42.4. The number of hydrogen-bond donors (Lipinski definition) is 4. The van der Waals surface area contributed by atoms with Gasteiger partial charge in [0.2, 0.25) is 0 Å². The molecule has 0 unspecified atom stereocenters. The van der Waals surface area contributed by atoms with Gasteiger partial charge in [0, 0.05) is 30.2 Å². The highest BCUT2D eigenvalue weighted by atomic mass is 35.5. The molecule has 0 aliphatic heterocycles. The quantitative estimate of drug-likeness (QED) is 0.176. The van der Waals surface area contributed by atoms with Crippen molar-refractivity contribution in [2.75, 3.05) is 5.32 Å². The van der Waals surface area contributed by atoms with E-state index in [9.17, 15) is 18.0 Å². The highest BCUT2D eigenvalue weighted by molar-refractivity contribution is 6.32. The monoisotopic (exact) mass is 481 g/mol. The molecule has 3 aromatic rings. The molecule has 0 amide bonds. The van der Waals surface area contributed by atoms with Crippen molar-refractivity contribution in [3.63, 3.8) is 0 Å². The lowest BCUT2D eigenvalue weighted by molar-refractivity contribution is -0.274. The fourth-order valence-electron chi connectivity index (χ4n) is 2.88. The van der Waals surface area contributed by atoms with Gasteiger partial charge in [-0.05, 0) is 42.3 Å². The molecule has 0 bridgehead atoms. The van der Waals surface area contributed by atoms with Crippen LogP contribution in [0.15, 0.2) is 64.8 Å². The molecule has 1 heterocycles. The first-order chi connectivity index (χ1) is 15.7. The summed E-state index contributed by atoms with van der Waals surface area (Å²) in [4.78, 5) is 16.9. The lowest BCUT2D eigenvalue weighted by atomic mass is 10.1. The van der Waals surface area contributed by atoms with Crippen molar-refractivity contribution in [1.82, 2.24) is 15.0 Å². The van der Waals surface area contributed by atoms with Gasteiger partial charge >= 0.3 is 6.36 Å². The standard InChI is InChI=1S/C20H19ClF3N7O2/c21-15-11-13(4-7-16(15)33-20(22,23)24)28-18-19(32)31(10-9-27-18)14-5-1-12(2-6-14)3-8-17(29-25)30-26/h1-2,4-7,9-11H,3,8,25-26H2,(H,27,28)(H,29,30). The Morgan fingerprint density at radius 3 is 2.55 bits per heavy atom. The van der Waals surface area contributed by atoms with Crippen LogP contribution in [0, 0.1) is 0 Å². The van der Waals surface area contributed by atoms with E-state index < -0.39 is 17.7 Å². The van der Waals surface area contributed by atoms with Gasteiger partial charge in [0.15, 0.2) is 5.82 Å². The van der Waals surface area contributed by atoms with Gasteiger partial charge in [0.05, 0.1) is 5.02 Å². The van der Waals surface area contributed by atoms with Crippen molar-refractivity contribution >= 4 is 28.9 Å².